The van der Waals surface area contributed by atoms with Gasteiger partial charge in [0.25, 0.3) is 0 Å². The van der Waals surface area contributed by atoms with E-state index in [1.54, 1.807) is 17.0 Å². The standard InChI is InChI=1S/C8H8ClN3O/c1-12-4-10-7(9)6(12)8(2-3-8)11-5-13/h4H,2-3H2,1H3. The number of carbonyl (C=O) groups excluding carboxylic acids is 1. The molecule has 68 valence electrons. The van der Waals surface area contributed by atoms with Crippen LogP contribution in [0.1, 0.15) is 18.5 Å². The maximum atomic E-state index is 10.2. The molecule has 1 saturated carbocycles. The number of aryl methyl sites for hydroxylation is 1. The zero-order chi connectivity index (χ0) is 9.47. The van der Waals surface area contributed by atoms with Crippen molar-refractivity contribution in [3.8, 4) is 0 Å². The number of nitrogens with zero attached hydrogens (tertiary/aromatic N) is 3. The zero-order valence-corrected chi connectivity index (χ0v) is 7.88. The molecule has 13 heavy (non-hydrogen) atoms. The van der Waals surface area contributed by atoms with Crippen LogP contribution >= 0.6 is 11.6 Å². The second-order valence-corrected chi connectivity index (χ2v) is 3.59. The summed E-state index contributed by atoms with van der Waals surface area (Å²) in [6.45, 7) is 0. The van der Waals surface area contributed by atoms with Crippen LogP contribution in [0.4, 0.5) is 0 Å². The predicted octanol–water partition coefficient (Wildman–Crippen LogP) is 1.40. The van der Waals surface area contributed by atoms with Gasteiger partial charge in [-0.3, -0.25) is 0 Å². The van der Waals surface area contributed by atoms with Crippen molar-refractivity contribution in [3.05, 3.63) is 17.2 Å². The fourth-order valence-corrected chi connectivity index (χ4v) is 1.88. The van der Waals surface area contributed by atoms with Crippen molar-refractivity contribution in [1.29, 1.82) is 0 Å². The molecule has 1 aromatic rings. The van der Waals surface area contributed by atoms with E-state index in [2.05, 4.69) is 9.98 Å². The third-order valence-electron chi connectivity index (χ3n) is 2.32. The van der Waals surface area contributed by atoms with Crippen molar-refractivity contribution in [1.82, 2.24) is 9.55 Å². The van der Waals surface area contributed by atoms with Crippen LogP contribution < -0.4 is 0 Å². The van der Waals surface area contributed by atoms with Gasteiger partial charge in [-0.2, -0.15) is 4.99 Å². The van der Waals surface area contributed by atoms with Gasteiger partial charge in [0.1, 0.15) is 5.54 Å². The van der Waals surface area contributed by atoms with Gasteiger partial charge in [-0.1, -0.05) is 11.6 Å². The molecule has 1 fully saturated rings. The molecule has 1 heterocycles. The van der Waals surface area contributed by atoms with Crippen LogP contribution in [0, 0.1) is 0 Å². The Labute approximate surface area is 80.2 Å². The van der Waals surface area contributed by atoms with Crippen LogP contribution in [0.15, 0.2) is 11.3 Å². The number of rotatable bonds is 2. The van der Waals surface area contributed by atoms with Crippen molar-refractivity contribution >= 4 is 17.7 Å². The predicted molar refractivity (Wildman–Crippen MR) is 47.3 cm³/mol. The van der Waals surface area contributed by atoms with Gasteiger partial charge in [0.05, 0.1) is 12.0 Å². The molecule has 0 bridgehead atoms. The summed E-state index contributed by atoms with van der Waals surface area (Å²) >= 11 is 5.88. The van der Waals surface area contributed by atoms with Gasteiger partial charge in [-0.25, -0.2) is 9.78 Å². The van der Waals surface area contributed by atoms with Gasteiger partial charge >= 0.3 is 0 Å². The Morgan fingerprint density at radius 1 is 1.77 bits per heavy atom. The Kier molecular flexibility index (Phi) is 1.75. The minimum atomic E-state index is -0.427. The molecular weight excluding hydrogens is 190 g/mol. The number of aromatic nitrogens is 2. The number of aliphatic imine (C=N–C) groups is 1. The third kappa shape index (κ3) is 1.19. The number of hydrogen-bond acceptors (Lipinski definition) is 3. The van der Waals surface area contributed by atoms with Crippen molar-refractivity contribution in [2.24, 2.45) is 12.0 Å². The zero-order valence-electron chi connectivity index (χ0n) is 7.12. The molecule has 1 aliphatic rings. The first-order chi connectivity index (χ1) is 6.19. The largest absolute Gasteiger partial charge is 0.334 e. The lowest BCUT2D eigenvalue weighted by Crippen LogP contribution is -2.08. The van der Waals surface area contributed by atoms with Crippen LogP contribution in [-0.2, 0) is 17.4 Å². The summed E-state index contributed by atoms with van der Waals surface area (Å²) in [5, 5.41) is 0.430. The summed E-state index contributed by atoms with van der Waals surface area (Å²) in [6.07, 6.45) is 4.91. The van der Waals surface area contributed by atoms with Crippen molar-refractivity contribution in [3.63, 3.8) is 0 Å². The molecule has 0 spiro atoms. The maximum absolute atomic E-state index is 10.2. The highest BCUT2D eigenvalue weighted by Crippen LogP contribution is 2.50. The topological polar surface area (TPSA) is 47.2 Å². The normalized spacial score (nSPS) is 18.0. The Morgan fingerprint density at radius 3 is 2.85 bits per heavy atom. The van der Waals surface area contributed by atoms with Gasteiger partial charge in [0.15, 0.2) is 5.15 Å². The highest BCUT2D eigenvalue weighted by Gasteiger charge is 2.48. The number of imidazole rings is 1. The molecule has 0 radical (unpaired) electrons. The van der Waals surface area contributed by atoms with E-state index in [9.17, 15) is 4.79 Å². The Hall–Kier alpha value is -1.12. The molecule has 5 heteroatoms. The molecule has 0 unspecified atom stereocenters. The number of halogens is 1. The van der Waals surface area contributed by atoms with E-state index in [1.807, 2.05) is 7.05 Å². The number of isocyanates is 1. The smallest absolute Gasteiger partial charge is 0.235 e. The number of hydrogen-bond donors (Lipinski definition) is 0. The molecule has 0 amide bonds. The van der Waals surface area contributed by atoms with Gasteiger partial charge in [-0.05, 0) is 12.8 Å². The Bertz CT molecular complexity index is 369. The lowest BCUT2D eigenvalue weighted by molar-refractivity contribution is 0.553. The highest BCUT2D eigenvalue weighted by molar-refractivity contribution is 6.30. The van der Waals surface area contributed by atoms with Gasteiger partial charge in [-0.15, -0.1) is 0 Å². The van der Waals surface area contributed by atoms with E-state index < -0.39 is 5.54 Å². The van der Waals surface area contributed by atoms with Crippen LogP contribution in [0.3, 0.4) is 0 Å². The Morgan fingerprint density at radius 2 is 2.46 bits per heavy atom. The van der Waals surface area contributed by atoms with E-state index in [4.69, 9.17) is 11.6 Å². The summed E-state index contributed by atoms with van der Waals surface area (Å²) < 4.78 is 1.80. The first-order valence-corrected chi connectivity index (χ1v) is 4.34. The van der Waals surface area contributed by atoms with E-state index in [0.29, 0.717) is 5.15 Å². The van der Waals surface area contributed by atoms with Gasteiger partial charge in [0.2, 0.25) is 6.08 Å². The van der Waals surface area contributed by atoms with Crippen LogP contribution in [0.5, 0.6) is 0 Å². The molecule has 0 aromatic carbocycles. The first kappa shape index (κ1) is 8.48. The van der Waals surface area contributed by atoms with E-state index in [-0.39, 0.29) is 0 Å². The monoisotopic (exact) mass is 197 g/mol. The van der Waals surface area contributed by atoms with Gasteiger partial charge < -0.3 is 4.57 Å². The average Bonchev–Trinajstić information content (AvgIpc) is 2.76. The molecule has 1 aliphatic carbocycles. The van der Waals surface area contributed by atoms with Crippen molar-refractivity contribution < 1.29 is 4.79 Å². The quantitative estimate of drug-likeness (QED) is 0.532. The highest BCUT2D eigenvalue weighted by atomic mass is 35.5. The lowest BCUT2D eigenvalue weighted by atomic mass is 10.2. The minimum Gasteiger partial charge on any atom is -0.334 e. The summed E-state index contributed by atoms with van der Waals surface area (Å²) in [5.41, 5.74) is 0.391. The minimum absolute atomic E-state index is 0.427. The van der Waals surface area contributed by atoms with Crippen molar-refractivity contribution in [2.45, 2.75) is 18.4 Å². The SMILES string of the molecule is Cn1cnc(Cl)c1C1(N=C=O)CC1. The van der Waals surface area contributed by atoms with E-state index in [0.717, 1.165) is 18.5 Å². The molecule has 0 saturated heterocycles. The summed E-state index contributed by atoms with van der Waals surface area (Å²) in [5.74, 6) is 0. The summed E-state index contributed by atoms with van der Waals surface area (Å²) in [4.78, 5) is 17.9. The van der Waals surface area contributed by atoms with Crippen LogP contribution in [-0.4, -0.2) is 15.6 Å². The third-order valence-corrected chi connectivity index (χ3v) is 2.59. The molecule has 4 nitrogen and oxygen atoms in total. The molecule has 0 aliphatic heterocycles. The lowest BCUT2D eigenvalue weighted by Gasteiger charge is -2.08. The first-order valence-electron chi connectivity index (χ1n) is 3.96. The van der Waals surface area contributed by atoms with Crippen LogP contribution in [0.2, 0.25) is 5.15 Å². The van der Waals surface area contributed by atoms with Gasteiger partial charge in [0, 0.05) is 7.05 Å². The van der Waals surface area contributed by atoms with Crippen molar-refractivity contribution in [2.75, 3.05) is 0 Å². The molecule has 1 aromatic heterocycles. The van der Waals surface area contributed by atoms with Crippen LogP contribution in [0.25, 0.3) is 0 Å². The van der Waals surface area contributed by atoms with E-state index >= 15 is 0 Å². The molecule has 0 N–H and O–H groups in total. The molecular formula is C8H8ClN3O. The molecule has 2 rings (SSSR count). The van der Waals surface area contributed by atoms with E-state index in [1.165, 1.54) is 0 Å². The summed E-state index contributed by atoms with van der Waals surface area (Å²) in [6, 6.07) is 0. The average molecular weight is 198 g/mol. The second-order valence-electron chi connectivity index (χ2n) is 3.23. The Balaban J connectivity index is 2.51. The fraction of sp³-hybridized carbons (Fsp3) is 0.500. The molecule has 0 atom stereocenters. The second kappa shape index (κ2) is 2.69. The fourth-order valence-electron chi connectivity index (χ4n) is 1.53. The maximum Gasteiger partial charge on any atom is 0.235 e. The summed E-state index contributed by atoms with van der Waals surface area (Å²) in [7, 11) is 1.84.